The van der Waals surface area contributed by atoms with Crippen LogP contribution in [0, 0.1) is 0 Å². The summed E-state index contributed by atoms with van der Waals surface area (Å²) < 4.78 is 32.1. The minimum atomic E-state index is -4.37. The van der Waals surface area contributed by atoms with Gasteiger partial charge in [-0.3, -0.25) is 4.55 Å². The summed E-state index contributed by atoms with van der Waals surface area (Å²) in [7, 11) is -2.60. The fraction of sp³-hybridized carbons (Fsp3) is 0.143. The summed E-state index contributed by atoms with van der Waals surface area (Å²) in [5.74, 6) is 0. The van der Waals surface area contributed by atoms with Crippen molar-refractivity contribution in [1.82, 2.24) is 5.32 Å². The molecule has 0 spiro atoms. The van der Waals surface area contributed by atoms with E-state index in [-0.39, 0.29) is 10.6 Å². The Balaban J connectivity index is 2.42. The number of nitrogens with two attached hydrogens (primary N) is 1. The van der Waals surface area contributed by atoms with Crippen LogP contribution in [0.1, 0.15) is 5.56 Å². The van der Waals surface area contributed by atoms with Gasteiger partial charge in [-0.15, -0.1) is 5.11 Å². The molecule has 0 atom stereocenters. The molecule has 0 fully saturated rings. The van der Waals surface area contributed by atoms with E-state index in [4.69, 9.17) is 5.73 Å². The van der Waals surface area contributed by atoms with Crippen molar-refractivity contribution in [2.45, 2.75) is 11.4 Å². The number of benzene rings is 2. The zero-order chi connectivity index (χ0) is 16.2. The first-order valence-corrected chi connectivity index (χ1v) is 7.86. The zero-order valence-corrected chi connectivity index (χ0v) is 12.7. The number of azo groups is 1. The van der Waals surface area contributed by atoms with Gasteiger partial charge in [-0.2, -0.15) is 13.5 Å². The van der Waals surface area contributed by atoms with Gasteiger partial charge in [0.05, 0.1) is 5.69 Å². The Morgan fingerprint density at radius 3 is 2.41 bits per heavy atom. The van der Waals surface area contributed by atoms with E-state index in [1.807, 2.05) is 0 Å². The van der Waals surface area contributed by atoms with Crippen molar-refractivity contribution in [2.75, 3.05) is 12.8 Å². The van der Waals surface area contributed by atoms with Crippen LogP contribution < -0.4 is 11.1 Å². The third-order valence-electron chi connectivity index (χ3n) is 2.85. The molecule has 0 aliphatic carbocycles. The molecule has 0 saturated heterocycles. The summed E-state index contributed by atoms with van der Waals surface area (Å²) >= 11 is 0. The molecule has 0 saturated carbocycles. The fourth-order valence-corrected chi connectivity index (χ4v) is 2.43. The van der Waals surface area contributed by atoms with Crippen LogP contribution in [0.25, 0.3) is 0 Å². The van der Waals surface area contributed by atoms with Gasteiger partial charge in [-0.25, -0.2) is 0 Å². The predicted octanol–water partition coefficient (Wildman–Crippen LogP) is 2.65. The van der Waals surface area contributed by atoms with Crippen molar-refractivity contribution in [3.63, 3.8) is 0 Å². The van der Waals surface area contributed by atoms with E-state index in [1.54, 1.807) is 43.4 Å². The molecule has 2 rings (SSSR count). The van der Waals surface area contributed by atoms with Crippen molar-refractivity contribution in [3.8, 4) is 0 Å². The van der Waals surface area contributed by atoms with Gasteiger partial charge in [0, 0.05) is 12.2 Å². The number of rotatable bonds is 5. The highest BCUT2D eigenvalue weighted by Gasteiger charge is 2.16. The first kappa shape index (κ1) is 16.1. The standard InChI is InChI=1S/C14H16N4O3S/c1-16-9-10-2-7-14(22(19,20)21)13(8-10)18-17-12-5-3-11(15)4-6-12/h2-8,16H,9,15H2,1H3,(H,19,20,21). The van der Waals surface area contributed by atoms with Gasteiger partial charge in [0.1, 0.15) is 10.6 Å². The van der Waals surface area contributed by atoms with E-state index in [0.717, 1.165) is 5.56 Å². The average Bonchev–Trinajstić information content (AvgIpc) is 2.46. The lowest BCUT2D eigenvalue weighted by Crippen LogP contribution is -2.06. The maximum Gasteiger partial charge on any atom is 0.296 e. The lowest BCUT2D eigenvalue weighted by atomic mass is 10.2. The van der Waals surface area contributed by atoms with Crippen molar-refractivity contribution in [1.29, 1.82) is 0 Å². The van der Waals surface area contributed by atoms with Crippen molar-refractivity contribution in [3.05, 3.63) is 48.0 Å². The Bertz CT molecular complexity index is 786. The molecule has 7 nitrogen and oxygen atoms in total. The Hall–Kier alpha value is -2.29. The van der Waals surface area contributed by atoms with E-state index in [1.165, 1.54) is 6.07 Å². The first-order valence-electron chi connectivity index (χ1n) is 6.42. The highest BCUT2D eigenvalue weighted by Crippen LogP contribution is 2.27. The van der Waals surface area contributed by atoms with E-state index in [0.29, 0.717) is 17.9 Å². The molecule has 0 unspecified atom stereocenters. The van der Waals surface area contributed by atoms with E-state index >= 15 is 0 Å². The van der Waals surface area contributed by atoms with Crippen LogP contribution in [0.15, 0.2) is 57.6 Å². The molecule has 8 heteroatoms. The summed E-state index contributed by atoms with van der Waals surface area (Å²) in [4.78, 5) is -0.286. The Morgan fingerprint density at radius 1 is 1.14 bits per heavy atom. The van der Waals surface area contributed by atoms with E-state index in [9.17, 15) is 13.0 Å². The maximum absolute atomic E-state index is 11.4. The monoisotopic (exact) mass is 320 g/mol. The van der Waals surface area contributed by atoms with Gasteiger partial charge in [0.2, 0.25) is 0 Å². The summed E-state index contributed by atoms with van der Waals surface area (Å²) in [5, 5.41) is 10.9. The smallest absolute Gasteiger partial charge is 0.296 e. The molecule has 0 bridgehead atoms. The van der Waals surface area contributed by atoms with Gasteiger partial charge < -0.3 is 11.1 Å². The number of hydrogen-bond acceptors (Lipinski definition) is 6. The molecule has 0 amide bonds. The second-order valence-electron chi connectivity index (χ2n) is 4.60. The molecule has 4 N–H and O–H groups in total. The van der Waals surface area contributed by atoms with Crippen LogP contribution in [0.4, 0.5) is 17.1 Å². The van der Waals surface area contributed by atoms with Crippen LogP contribution in [0.5, 0.6) is 0 Å². The normalized spacial score (nSPS) is 11.9. The number of nitrogens with zero attached hydrogens (tertiary/aromatic N) is 2. The second-order valence-corrected chi connectivity index (χ2v) is 5.99. The average molecular weight is 320 g/mol. The lowest BCUT2D eigenvalue weighted by molar-refractivity contribution is 0.483. The summed E-state index contributed by atoms with van der Waals surface area (Å²) in [6.07, 6.45) is 0. The summed E-state index contributed by atoms with van der Waals surface area (Å²) in [6.45, 7) is 0.538. The SMILES string of the molecule is CNCc1ccc(S(=O)(=O)O)c(N=Nc2ccc(N)cc2)c1. The van der Waals surface area contributed by atoms with Crippen LogP contribution in [0.3, 0.4) is 0 Å². The molecule has 0 aliphatic heterocycles. The van der Waals surface area contributed by atoms with Crippen LogP contribution in [-0.2, 0) is 16.7 Å². The molecule has 0 aromatic heterocycles. The van der Waals surface area contributed by atoms with Crippen LogP contribution in [0.2, 0.25) is 0 Å². The maximum atomic E-state index is 11.4. The molecule has 2 aromatic rings. The molecular weight excluding hydrogens is 304 g/mol. The highest BCUT2D eigenvalue weighted by molar-refractivity contribution is 7.86. The topological polar surface area (TPSA) is 117 Å². The minimum absolute atomic E-state index is 0.0760. The minimum Gasteiger partial charge on any atom is -0.399 e. The summed E-state index contributed by atoms with van der Waals surface area (Å²) in [5.41, 5.74) is 7.59. The first-order chi connectivity index (χ1) is 10.4. The number of nitrogens with one attached hydrogen (secondary N) is 1. The van der Waals surface area contributed by atoms with E-state index in [2.05, 4.69) is 15.5 Å². The van der Waals surface area contributed by atoms with Crippen molar-refractivity contribution >= 4 is 27.2 Å². The third-order valence-corrected chi connectivity index (χ3v) is 3.75. The third kappa shape index (κ3) is 4.10. The number of hydrogen-bond donors (Lipinski definition) is 3. The molecule has 2 aromatic carbocycles. The predicted molar refractivity (Wildman–Crippen MR) is 84.1 cm³/mol. The van der Waals surface area contributed by atoms with Crippen LogP contribution >= 0.6 is 0 Å². The van der Waals surface area contributed by atoms with Gasteiger partial charge >= 0.3 is 0 Å². The van der Waals surface area contributed by atoms with Gasteiger partial charge in [0.15, 0.2) is 0 Å². The van der Waals surface area contributed by atoms with Crippen molar-refractivity contribution < 1.29 is 13.0 Å². The number of nitrogen functional groups attached to an aromatic ring is 1. The molecule has 0 radical (unpaired) electrons. The van der Waals surface area contributed by atoms with Crippen molar-refractivity contribution in [2.24, 2.45) is 10.2 Å². The summed E-state index contributed by atoms with van der Waals surface area (Å²) in [6, 6.07) is 11.1. The molecule has 0 aliphatic rings. The van der Waals surface area contributed by atoms with Crippen LogP contribution in [-0.4, -0.2) is 20.0 Å². The zero-order valence-electron chi connectivity index (χ0n) is 11.9. The molecule has 0 heterocycles. The molecule has 22 heavy (non-hydrogen) atoms. The number of anilines is 1. The second kappa shape index (κ2) is 6.65. The van der Waals surface area contributed by atoms with Gasteiger partial charge in [-0.1, -0.05) is 6.07 Å². The quantitative estimate of drug-likeness (QED) is 0.445. The largest absolute Gasteiger partial charge is 0.399 e. The van der Waals surface area contributed by atoms with Gasteiger partial charge in [-0.05, 0) is 49.0 Å². The highest BCUT2D eigenvalue weighted by atomic mass is 32.2. The van der Waals surface area contributed by atoms with E-state index < -0.39 is 10.1 Å². The molecular formula is C14H16N4O3S. The Kier molecular flexibility index (Phi) is 4.86. The Morgan fingerprint density at radius 2 is 1.82 bits per heavy atom. The Labute approximate surface area is 128 Å². The lowest BCUT2D eigenvalue weighted by Gasteiger charge is -2.05. The molecule has 116 valence electrons. The fourth-order valence-electron chi connectivity index (χ4n) is 1.83. The van der Waals surface area contributed by atoms with Gasteiger partial charge in [0.25, 0.3) is 10.1 Å².